The minimum absolute atomic E-state index is 0.396. The van der Waals surface area contributed by atoms with Crippen molar-refractivity contribution in [2.24, 2.45) is 0 Å². The van der Waals surface area contributed by atoms with Crippen LogP contribution in [0.5, 0.6) is 0 Å². The molecule has 0 heterocycles. The number of hydrogen-bond acceptors (Lipinski definition) is 2. The molecule has 0 aliphatic carbocycles. The van der Waals surface area contributed by atoms with Crippen molar-refractivity contribution >= 4 is 9.84 Å². The lowest BCUT2D eigenvalue weighted by Gasteiger charge is -2.03. The van der Waals surface area contributed by atoms with Crippen molar-refractivity contribution in [1.29, 1.82) is 0 Å². The highest BCUT2D eigenvalue weighted by atomic mass is 32.2. The van der Waals surface area contributed by atoms with Crippen LogP contribution in [0, 0.1) is 0 Å². The summed E-state index contributed by atoms with van der Waals surface area (Å²) >= 11 is 0. The lowest BCUT2D eigenvalue weighted by molar-refractivity contribution is 0.584. The van der Waals surface area contributed by atoms with Gasteiger partial charge in [-0.3, -0.25) is 0 Å². The van der Waals surface area contributed by atoms with Crippen molar-refractivity contribution < 1.29 is 8.42 Å². The zero-order chi connectivity index (χ0) is 10.9. The van der Waals surface area contributed by atoms with Crippen LogP contribution in [0.25, 0.3) is 0 Å². The summed E-state index contributed by atoms with van der Waals surface area (Å²) in [6.45, 7) is 4.23. The average molecular weight is 220 g/mol. The quantitative estimate of drug-likeness (QED) is 0.559. The predicted octanol–water partition coefficient (Wildman–Crippen LogP) is 3.17. The number of sulfone groups is 1. The first kappa shape index (κ1) is 13.9. The zero-order valence-corrected chi connectivity index (χ0v) is 10.4. The van der Waals surface area contributed by atoms with E-state index in [0.29, 0.717) is 11.5 Å². The Kier molecular flexibility index (Phi) is 8.24. The molecule has 86 valence electrons. The Morgan fingerprint density at radius 2 is 1.14 bits per heavy atom. The Hall–Kier alpha value is -0.0500. The van der Waals surface area contributed by atoms with Gasteiger partial charge in [-0.05, 0) is 12.8 Å². The van der Waals surface area contributed by atoms with Crippen LogP contribution in [-0.4, -0.2) is 19.9 Å². The molecule has 0 aromatic heterocycles. The molecule has 0 amide bonds. The Morgan fingerprint density at radius 1 is 0.714 bits per heavy atom. The van der Waals surface area contributed by atoms with Gasteiger partial charge in [0, 0.05) is 0 Å². The van der Waals surface area contributed by atoms with Crippen molar-refractivity contribution in [2.75, 3.05) is 11.5 Å². The topological polar surface area (TPSA) is 34.1 Å². The molecule has 0 radical (unpaired) electrons. The lowest BCUT2D eigenvalue weighted by Crippen LogP contribution is -2.11. The number of rotatable bonds is 9. The van der Waals surface area contributed by atoms with E-state index >= 15 is 0 Å². The molecule has 0 aromatic rings. The van der Waals surface area contributed by atoms with Gasteiger partial charge in [0.05, 0.1) is 11.5 Å². The average Bonchev–Trinajstić information content (AvgIpc) is 2.13. The van der Waals surface area contributed by atoms with Crippen LogP contribution < -0.4 is 0 Å². The van der Waals surface area contributed by atoms with Crippen molar-refractivity contribution in [1.82, 2.24) is 0 Å². The molecule has 3 heteroatoms. The van der Waals surface area contributed by atoms with Gasteiger partial charge in [-0.15, -0.1) is 0 Å². The molecular weight excluding hydrogens is 196 g/mol. The molecular formula is C11H24O2S. The molecule has 0 bridgehead atoms. The fraction of sp³-hybridized carbons (Fsp3) is 1.00. The second-order valence-corrected chi connectivity index (χ2v) is 6.22. The summed E-state index contributed by atoms with van der Waals surface area (Å²) < 4.78 is 22.9. The van der Waals surface area contributed by atoms with Gasteiger partial charge in [0.15, 0.2) is 0 Å². The predicted molar refractivity (Wildman–Crippen MR) is 62.3 cm³/mol. The Morgan fingerprint density at radius 3 is 1.64 bits per heavy atom. The van der Waals surface area contributed by atoms with Gasteiger partial charge in [-0.25, -0.2) is 8.42 Å². The molecule has 0 saturated carbocycles. The van der Waals surface area contributed by atoms with Gasteiger partial charge in [-0.2, -0.15) is 0 Å². The normalized spacial score (nSPS) is 11.9. The minimum atomic E-state index is -2.73. The zero-order valence-electron chi connectivity index (χ0n) is 9.59. The highest BCUT2D eigenvalue weighted by molar-refractivity contribution is 7.91. The van der Waals surface area contributed by atoms with Gasteiger partial charge >= 0.3 is 0 Å². The van der Waals surface area contributed by atoms with Crippen LogP contribution in [0.15, 0.2) is 0 Å². The van der Waals surface area contributed by atoms with E-state index in [9.17, 15) is 8.42 Å². The van der Waals surface area contributed by atoms with Crippen molar-refractivity contribution in [3.05, 3.63) is 0 Å². The van der Waals surface area contributed by atoms with E-state index in [-0.39, 0.29) is 0 Å². The first-order valence-corrected chi connectivity index (χ1v) is 7.65. The van der Waals surface area contributed by atoms with E-state index in [4.69, 9.17) is 0 Å². The van der Waals surface area contributed by atoms with E-state index in [2.05, 4.69) is 13.8 Å². The first-order valence-electron chi connectivity index (χ1n) is 5.82. The largest absolute Gasteiger partial charge is 0.229 e. The molecule has 0 aromatic carbocycles. The molecule has 0 atom stereocenters. The van der Waals surface area contributed by atoms with E-state index in [1.165, 1.54) is 0 Å². The summed E-state index contributed by atoms with van der Waals surface area (Å²) in [5.41, 5.74) is 0. The van der Waals surface area contributed by atoms with E-state index in [1.54, 1.807) is 0 Å². The summed E-state index contributed by atoms with van der Waals surface area (Å²) in [7, 11) is -2.73. The summed E-state index contributed by atoms with van der Waals surface area (Å²) in [4.78, 5) is 0. The summed E-state index contributed by atoms with van der Waals surface area (Å²) in [6, 6.07) is 0. The third-order valence-corrected chi connectivity index (χ3v) is 4.19. The maximum absolute atomic E-state index is 11.5. The molecule has 0 rings (SSSR count). The second-order valence-electron chi connectivity index (χ2n) is 3.92. The first-order chi connectivity index (χ1) is 6.62. The maximum atomic E-state index is 11.5. The van der Waals surface area contributed by atoms with E-state index in [1.807, 2.05) is 0 Å². The highest BCUT2D eigenvalue weighted by Crippen LogP contribution is 2.05. The lowest BCUT2D eigenvalue weighted by atomic mass is 10.2. The molecule has 2 nitrogen and oxygen atoms in total. The molecule has 0 fully saturated rings. The molecule has 0 N–H and O–H groups in total. The number of unbranched alkanes of at least 4 members (excludes halogenated alkanes) is 5. The van der Waals surface area contributed by atoms with Crippen LogP contribution in [-0.2, 0) is 9.84 Å². The SMILES string of the molecule is CCCCCCS(=O)(=O)CCCCC. The van der Waals surface area contributed by atoms with Gasteiger partial charge < -0.3 is 0 Å². The van der Waals surface area contributed by atoms with Crippen LogP contribution in [0.4, 0.5) is 0 Å². The van der Waals surface area contributed by atoms with Crippen LogP contribution in [0.3, 0.4) is 0 Å². The molecule has 0 spiro atoms. The van der Waals surface area contributed by atoms with Gasteiger partial charge in [0.2, 0.25) is 0 Å². The van der Waals surface area contributed by atoms with Crippen molar-refractivity contribution in [3.8, 4) is 0 Å². The fourth-order valence-corrected chi connectivity index (χ4v) is 2.91. The van der Waals surface area contributed by atoms with E-state index < -0.39 is 9.84 Å². The highest BCUT2D eigenvalue weighted by Gasteiger charge is 2.08. The Balaban J connectivity index is 3.52. The van der Waals surface area contributed by atoms with Crippen molar-refractivity contribution in [2.45, 2.75) is 58.8 Å². The van der Waals surface area contributed by atoms with E-state index in [0.717, 1.165) is 44.9 Å². The Labute approximate surface area is 89.0 Å². The van der Waals surface area contributed by atoms with Crippen LogP contribution in [0.2, 0.25) is 0 Å². The molecule has 14 heavy (non-hydrogen) atoms. The smallest absolute Gasteiger partial charge is 0.150 e. The van der Waals surface area contributed by atoms with Crippen molar-refractivity contribution in [3.63, 3.8) is 0 Å². The molecule has 0 unspecified atom stereocenters. The molecule has 0 aliphatic rings. The van der Waals surface area contributed by atoms with Gasteiger partial charge in [0.25, 0.3) is 0 Å². The summed E-state index contributed by atoms with van der Waals surface area (Å²) in [6.07, 6.45) is 7.19. The minimum Gasteiger partial charge on any atom is -0.229 e. The van der Waals surface area contributed by atoms with Gasteiger partial charge in [-0.1, -0.05) is 46.0 Å². The summed E-state index contributed by atoms with van der Waals surface area (Å²) in [5.74, 6) is 0.795. The maximum Gasteiger partial charge on any atom is 0.150 e. The van der Waals surface area contributed by atoms with Crippen LogP contribution in [0.1, 0.15) is 58.8 Å². The number of hydrogen-bond donors (Lipinski definition) is 0. The summed E-state index contributed by atoms with van der Waals surface area (Å²) in [5, 5.41) is 0. The second kappa shape index (κ2) is 8.27. The fourth-order valence-electron chi connectivity index (χ4n) is 1.42. The molecule has 0 aliphatic heterocycles. The Bertz CT molecular complexity index is 207. The molecule has 0 saturated heterocycles. The van der Waals surface area contributed by atoms with Crippen LogP contribution >= 0.6 is 0 Å². The third kappa shape index (κ3) is 8.54. The monoisotopic (exact) mass is 220 g/mol. The third-order valence-electron chi connectivity index (χ3n) is 2.37. The standard InChI is InChI=1S/C11H24O2S/c1-3-5-7-9-11-14(12,13)10-8-6-4-2/h3-11H2,1-2H3. The van der Waals surface area contributed by atoms with Gasteiger partial charge in [0.1, 0.15) is 9.84 Å².